The second-order valence-corrected chi connectivity index (χ2v) is 8.30. The average Bonchev–Trinajstić information content (AvgIpc) is 2.62. The molecule has 6 atom stereocenters. The van der Waals surface area contributed by atoms with E-state index in [-0.39, 0.29) is 22.7 Å². The van der Waals surface area contributed by atoms with Gasteiger partial charge in [-0.05, 0) is 38.1 Å². The standard InChI is InChI=1S/C17H30Cl2N2O4/c1-2-20-16(11-7-12(18)13(19)8-14(11)23)10-3-5-21(6-4-10)17(25)15(24)9-22/h10-16,20,22-24H,2-9H2,1H3. The van der Waals surface area contributed by atoms with Crippen molar-refractivity contribution in [3.63, 3.8) is 0 Å². The minimum atomic E-state index is -1.33. The molecule has 2 fully saturated rings. The van der Waals surface area contributed by atoms with Gasteiger partial charge in [0.15, 0.2) is 6.10 Å². The molecule has 0 spiro atoms. The molecule has 0 radical (unpaired) electrons. The second-order valence-electron chi connectivity index (χ2n) is 7.18. The number of carbonyl (C=O) groups is 1. The number of nitrogens with zero attached hydrogens (tertiary/aromatic N) is 1. The number of hydrogen-bond donors (Lipinski definition) is 4. The van der Waals surface area contributed by atoms with Crippen molar-refractivity contribution in [1.29, 1.82) is 0 Å². The Kier molecular flexibility index (Phi) is 8.24. The van der Waals surface area contributed by atoms with Gasteiger partial charge in [0.2, 0.25) is 0 Å². The van der Waals surface area contributed by atoms with Crippen molar-refractivity contribution in [2.75, 3.05) is 26.2 Å². The molecule has 1 saturated heterocycles. The molecule has 0 aromatic rings. The lowest BCUT2D eigenvalue weighted by atomic mass is 9.73. The fourth-order valence-electron chi connectivity index (χ4n) is 4.17. The van der Waals surface area contributed by atoms with Crippen LogP contribution in [0.2, 0.25) is 0 Å². The normalized spacial score (nSPS) is 33.9. The molecule has 25 heavy (non-hydrogen) atoms. The van der Waals surface area contributed by atoms with Gasteiger partial charge in [-0.15, -0.1) is 23.2 Å². The fraction of sp³-hybridized carbons (Fsp3) is 0.941. The van der Waals surface area contributed by atoms with Gasteiger partial charge in [-0.1, -0.05) is 6.92 Å². The Hall–Kier alpha value is -0.110. The molecular weight excluding hydrogens is 367 g/mol. The summed E-state index contributed by atoms with van der Waals surface area (Å²) in [5, 5.41) is 32.1. The largest absolute Gasteiger partial charge is 0.393 e. The molecule has 1 saturated carbocycles. The summed E-state index contributed by atoms with van der Waals surface area (Å²) in [7, 11) is 0. The van der Waals surface area contributed by atoms with Crippen molar-refractivity contribution in [1.82, 2.24) is 10.2 Å². The number of nitrogens with one attached hydrogen (secondary N) is 1. The summed E-state index contributed by atoms with van der Waals surface area (Å²) in [6.45, 7) is 3.39. The molecular formula is C17H30Cl2N2O4. The van der Waals surface area contributed by atoms with E-state index in [0.29, 0.717) is 31.8 Å². The van der Waals surface area contributed by atoms with Crippen LogP contribution in [0.15, 0.2) is 0 Å². The summed E-state index contributed by atoms with van der Waals surface area (Å²) in [5.74, 6) is -0.0390. The Morgan fingerprint density at radius 2 is 1.84 bits per heavy atom. The maximum absolute atomic E-state index is 12.0. The van der Waals surface area contributed by atoms with E-state index >= 15 is 0 Å². The van der Waals surface area contributed by atoms with Crippen molar-refractivity contribution in [3.05, 3.63) is 0 Å². The van der Waals surface area contributed by atoms with Crippen LogP contribution in [0.25, 0.3) is 0 Å². The smallest absolute Gasteiger partial charge is 0.253 e. The van der Waals surface area contributed by atoms with E-state index < -0.39 is 24.7 Å². The van der Waals surface area contributed by atoms with Gasteiger partial charge in [0.1, 0.15) is 0 Å². The highest BCUT2D eigenvalue weighted by atomic mass is 35.5. The van der Waals surface area contributed by atoms with Crippen molar-refractivity contribution in [3.8, 4) is 0 Å². The average molecular weight is 397 g/mol. The summed E-state index contributed by atoms with van der Waals surface area (Å²) in [6.07, 6.45) is 0.958. The Bertz CT molecular complexity index is 435. The molecule has 1 aliphatic heterocycles. The molecule has 1 aliphatic carbocycles. The lowest BCUT2D eigenvalue weighted by molar-refractivity contribution is -0.143. The zero-order valence-electron chi connectivity index (χ0n) is 14.7. The van der Waals surface area contributed by atoms with Crippen LogP contribution in [0.4, 0.5) is 0 Å². The van der Waals surface area contributed by atoms with E-state index in [1.807, 2.05) is 6.92 Å². The molecule has 0 aromatic heterocycles. The maximum Gasteiger partial charge on any atom is 0.253 e. The molecule has 0 aromatic carbocycles. The predicted octanol–water partition coefficient (Wildman–Crippen LogP) is 0.542. The van der Waals surface area contributed by atoms with Gasteiger partial charge in [0, 0.05) is 25.0 Å². The zero-order chi connectivity index (χ0) is 18.6. The second kappa shape index (κ2) is 9.72. The van der Waals surface area contributed by atoms with Crippen LogP contribution in [0, 0.1) is 11.8 Å². The highest BCUT2D eigenvalue weighted by Crippen LogP contribution is 2.37. The monoisotopic (exact) mass is 396 g/mol. The first kappa shape index (κ1) is 21.2. The topological polar surface area (TPSA) is 93.0 Å². The van der Waals surface area contributed by atoms with E-state index in [9.17, 15) is 15.0 Å². The van der Waals surface area contributed by atoms with Crippen LogP contribution in [-0.4, -0.2) is 81.4 Å². The number of carbonyl (C=O) groups excluding carboxylic acids is 1. The number of amides is 1. The van der Waals surface area contributed by atoms with Crippen LogP contribution in [-0.2, 0) is 4.79 Å². The van der Waals surface area contributed by atoms with Crippen LogP contribution >= 0.6 is 23.2 Å². The molecule has 6 nitrogen and oxygen atoms in total. The molecule has 0 bridgehead atoms. The molecule has 8 heteroatoms. The molecule has 1 heterocycles. The van der Waals surface area contributed by atoms with Crippen molar-refractivity contribution in [2.24, 2.45) is 11.8 Å². The van der Waals surface area contributed by atoms with Gasteiger partial charge >= 0.3 is 0 Å². The van der Waals surface area contributed by atoms with E-state index in [1.54, 1.807) is 4.90 Å². The van der Waals surface area contributed by atoms with Gasteiger partial charge in [0.25, 0.3) is 5.91 Å². The van der Waals surface area contributed by atoms with E-state index in [4.69, 9.17) is 28.3 Å². The summed E-state index contributed by atoms with van der Waals surface area (Å²) in [4.78, 5) is 13.6. The number of halogens is 2. The molecule has 2 rings (SSSR count). The molecule has 2 aliphatic rings. The highest BCUT2D eigenvalue weighted by Gasteiger charge is 2.42. The third-order valence-electron chi connectivity index (χ3n) is 5.57. The first-order chi connectivity index (χ1) is 11.9. The van der Waals surface area contributed by atoms with Gasteiger partial charge in [-0.2, -0.15) is 0 Å². The fourth-order valence-corrected chi connectivity index (χ4v) is 4.77. The Morgan fingerprint density at radius 3 is 2.40 bits per heavy atom. The maximum atomic E-state index is 12.0. The number of piperidine rings is 1. The number of likely N-dealkylation sites (tertiary alicyclic amines) is 1. The third kappa shape index (κ3) is 5.21. The van der Waals surface area contributed by atoms with Crippen molar-refractivity contribution in [2.45, 2.75) is 61.6 Å². The Morgan fingerprint density at radius 1 is 1.24 bits per heavy atom. The number of hydrogen-bond acceptors (Lipinski definition) is 5. The lowest BCUT2D eigenvalue weighted by Crippen LogP contribution is -2.54. The zero-order valence-corrected chi connectivity index (χ0v) is 16.2. The number of aliphatic hydroxyl groups excluding tert-OH is 3. The molecule has 6 unspecified atom stereocenters. The van der Waals surface area contributed by atoms with E-state index in [2.05, 4.69) is 5.32 Å². The quantitative estimate of drug-likeness (QED) is 0.491. The highest BCUT2D eigenvalue weighted by molar-refractivity contribution is 6.30. The predicted molar refractivity (Wildman–Crippen MR) is 97.9 cm³/mol. The first-order valence-corrected chi connectivity index (χ1v) is 10.0. The Labute approximate surface area is 159 Å². The summed E-state index contributed by atoms with van der Waals surface area (Å²) in [6, 6.07) is 0.130. The number of alkyl halides is 2. The first-order valence-electron chi connectivity index (χ1n) is 9.16. The molecule has 1 amide bonds. The minimum absolute atomic E-state index is 0.0488. The summed E-state index contributed by atoms with van der Waals surface area (Å²) in [5.41, 5.74) is 0. The lowest BCUT2D eigenvalue weighted by Gasteiger charge is -2.44. The molecule has 4 N–H and O–H groups in total. The summed E-state index contributed by atoms with van der Waals surface area (Å²) < 4.78 is 0. The van der Waals surface area contributed by atoms with Crippen molar-refractivity contribution < 1.29 is 20.1 Å². The van der Waals surface area contributed by atoms with Crippen LogP contribution < -0.4 is 5.32 Å². The number of rotatable bonds is 6. The van der Waals surface area contributed by atoms with Crippen LogP contribution in [0.1, 0.15) is 32.6 Å². The van der Waals surface area contributed by atoms with Gasteiger partial charge in [-0.3, -0.25) is 4.79 Å². The minimum Gasteiger partial charge on any atom is -0.393 e. The van der Waals surface area contributed by atoms with Crippen molar-refractivity contribution >= 4 is 29.1 Å². The van der Waals surface area contributed by atoms with Gasteiger partial charge in [0.05, 0.1) is 23.5 Å². The van der Waals surface area contributed by atoms with E-state index in [1.165, 1.54) is 0 Å². The van der Waals surface area contributed by atoms with Gasteiger partial charge < -0.3 is 25.5 Å². The SMILES string of the molecule is CCNC(C1CCN(C(=O)C(O)CO)CC1)C1CC(Cl)C(Cl)CC1O. The van der Waals surface area contributed by atoms with Crippen LogP contribution in [0.3, 0.4) is 0 Å². The Balaban J connectivity index is 1.98. The molecule has 146 valence electrons. The summed E-state index contributed by atoms with van der Waals surface area (Å²) >= 11 is 12.5. The van der Waals surface area contributed by atoms with E-state index in [0.717, 1.165) is 19.4 Å². The van der Waals surface area contributed by atoms with Gasteiger partial charge in [-0.25, -0.2) is 0 Å². The number of aliphatic hydroxyl groups is 3. The van der Waals surface area contributed by atoms with Crippen LogP contribution in [0.5, 0.6) is 0 Å². The third-order valence-corrected chi connectivity index (χ3v) is 6.66.